The van der Waals surface area contributed by atoms with Crippen LogP contribution < -0.4 is 10.6 Å². The number of nitrogens with zero attached hydrogens (tertiary/aromatic N) is 3. The molecule has 0 aliphatic heterocycles. The number of nitrogens with one attached hydrogen (secondary N) is 2. The smallest absolute Gasteiger partial charge is 0.230 e. The fourth-order valence-corrected chi connectivity index (χ4v) is 2.99. The number of amides is 1. The summed E-state index contributed by atoms with van der Waals surface area (Å²) < 4.78 is 12.9. The number of aryl methyl sites for hydroxylation is 1. The minimum atomic E-state index is -0.230. The van der Waals surface area contributed by atoms with E-state index in [-0.39, 0.29) is 23.8 Å². The number of anilines is 1. The largest absolute Gasteiger partial charge is 0.326 e. The van der Waals surface area contributed by atoms with Crippen LogP contribution in [0.15, 0.2) is 54.9 Å². The van der Waals surface area contributed by atoms with Crippen molar-refractivity contribution < 1.29 is 9.18 Å². The van der Waals surface area contributed by atoms with Gasteiger partial charge < -0.3 is 10.6 Å². The van der Waals surface area contributed by atoms with Crippen LogP contribution in [-0.2, 0) is 24.2 Å². The Bertz CT molecular complexity index is 1040. The monoisotopic (exact) mass is 403 g/mol. The quantitative estimate of drug-likeness (QED) is 0.563. The number of benzene rings is 2. The highest BCUT2D eigenvalue weighted by molar-refractivity contribution is 5.92. The zero-order valence-corrected chi connectivity index (χ0v) is 16.7. The fraction of sp³-hybridized carbons (Fsp3) is 0.217. The summed E-state index contributed by atoms with van der Waals surface area (Å²) in [6.07, 6.45) is 3.73. The molecule has 0 atom stereocenters. The number of carbonyl (C=O) groups is 1. The molecule has 3 rings (SSSR count). The molecule has 0 aliphatic carbocycles. The van der Waals surface area contributed by atoms with Gasteiger partial charge >= 0.3 is 0 Å². The zero-order valence-electron chi connectivity index (χ0n) is 16.7. The van der Waals surface area contributed by atoms with E-state index in [2.05, 4.69) is 20.6 Å². The van der Waals surface area contributed by atoms with Gasteiger partial charge in [0.1, 0.15) is 11.9 Å². The first kappa shape index (κ1) is 21.1. The second kappa shape index (κ2) is 10.2. The van der Waals surface area contributed by atoms with Crippen LogP contribution in [0.4, 0.5) is 10.1 Å². The Balaban J connectivity index is 1.47. The number of hydrogen-bond donors (Lipinski definition) is 2. The van der Waals surface area contributed by atoms with Crippen molar-refractivity contribution in [3.8, 4) is 6.07 Å². The normalized spacial score (nSPS) is 10.4. The van der Waals surface area contributed by atoms with Crippen molar-refractivity contribution >= 4 is 11.6 Å². The van der Waals surface area contributed by atoms with Crippen LogP contribution >= 0.6 is 0 Å². The molecule has 1 aromatic heterocycles. The van der Waals surface area contributed by atoms with E-state index < -0.39 is 0 Å². The van der Waals surface area contributed by atoms with Crippen LogP contribution in [0.1, 0.15) is 28.1 Å². The molecule has 0 unspecified atom stereocenters. The molecule has 6 nitrogen and oxygen atoms in total. The van der Waals surface area contributed by atoms with Gasteiger partial charge in [-0.05, 0) is 60.8 Å². The number of hydrogen-bond acceptors (Lipinski definition) is 5. The highest BCUT2D eigenvalue weighted by atomic mass is 19.1. The molecule has 30 heavy (non-hydrogen) atoms. The zero-order chi connectivity index (χ0) is 21.3. The Morgan fingerprint density at radius 2 is 1.93 bits per heavy atom. The van der Waals surface area contributed by atoms with E-state index in [0.29, 0.717) is 12.2 Å². The molecule has 152 valence electrons. The summed E-state index contributed by atoms with van der Waals surface area (Å²) in [4.78, 5) is 20.2. The average molecular weight is 403 g/mol. The first-order valence-corrected chi connectivity index (χ1v) is 9.59. The van der Waals surface area contributed by atoms with Crippen molar-refractivity contribution in [2.45, 2.75) is 26.3 Å². The van der Waals surface area contributed by atoms with E-state index >= 15 is 0 Å². The van der Waals surface area contributed by atoms with Crippen LogP contribution in [0.25, 0.3) is 0 Å². The lowest BCUT2D eigenvalue weighted by Crippen LogP contribution is -2.17. The molecule has 0 radical (unpaired) electrons. The number of nitriles is 1. The minimum Gasteiger partial charge on any atom is -0.326 e. The molecule has 0 bridgehead atoms. The summed E-state index contributed by atoms with van der Waals surface area (Å²) >= 11 is 0. The highest BCUT2D eigenvalue weighted by Gasteiger charge is 2.08. The van der Waals surface area contributed by atoms with Crippen molar-refractivity contribution in [2.75, 3.05) is 11.9 Å². The lowest BCUT2D eigenvalue weighted by Gasteiger charge is -2.11. The average Bonchev–Trinajstić information content (AvgIpc) is 2.74. The van der Waals surface area contributed by atoms with Crippen LogP contribution in [0.5, 0.6) is 0 Å². The van der Waals surface area contributed by atoms with Crippen molar-refractivity contribution in [2.24, 2.45) is 0 Å². The predicted molar refractivity (Wildman–Crippen MR) is 112 cm³/mol. The molecule has 0 spiro atoms. The lowest BCUT2D eigenvalue weighted by molar-refractivity contribution is -0.115. The standard InChI is InChI=1S/C23H22FN5O/c1-16-10-20(29-23(30)11-21-14-28-22(12-25)15-27-21)7-4-18(16)8-9-26-13-17-2-5-19(24)6-3-17/h2-7,10,14-15,26H,8-9,11,13H2,1H3,(H,29,30). The summed E-state index contributed by atoms with van der Waals surface area (Å²) in [7, 11) is 0. The Morgan fingerprint density at radius 1 is 1.13 bits per heavy atom. The molecule has 0 aliphatic rings. The molecular formula is C23H22FN5O. The molecule has 3 aromatic rings. The van der Waals surface area contributed by atoms with Gasteiger partial charge in [0.25, 0.3) is 0 Å². The molecule has 2 N–H and O–H groups in total. The second-order valence-electron chi connectivity index (χ2n) is 6.92. The molecule has 0 saturated carbocycles. The third-order valence-electron chi connectivity index (χ3n) is 4.60. The molecule has 1 heterocycles. The van der Waals surface area contributed by atoms with Crippen molar-refractivity contribution in [1.29, 1.82) is 5.26 Å². The Kier molecular flexibility index (Phi) is 7.19. The van der Waals surface area contributed by atoms with E-state index in [1.165, 1.54) is 30.1 Å². The number of halogens is 1. The van der Waals surface area contributed by atoms with Gasteiger partial charge in [-0.2, -0.15) is 5.26 Å². The van der Waals surface area contributed by atoms with Gasteiger partial charge in [-0.3, -0.25) is 9.78 Å². The van der Waals surface area contributed by atoms with Gasteiger partial charge in [0.15, 0.2) is 5.69 Å². The van der Waals surface area contributed by atoms with E-state index in [9.17, 15) is 9.18 Å². The van der Waals surface area contributed by atoms with E-state index in [1.54, 1.807) is 12.1 Å². The molecule has 2 aromatic carbocycles. The molecule has 7 heteroatoms. The van der Waals surface area contributed by atoms with Crippen molar-refractivity contribution in [3.63, 3.8) is 0 Å². The van der Waals surface area contributed by atoms with Gasteiger partial charge in [-0.25, -0.2) is 9.37 Å². The summed E-state index contributed by atoms with van der Waals surface area (Å²) in [5.41, 5.74) is 4.77. The SMILES string of the molecule is Cc1cc(NC(=O)Cc2cnc(C#N)cn2)ccc1CCNCc1ccc(F)cc1. The predicted octanol–water partition coefficient (Wildman–Crippen LogP) is 3.31. The summed E-state index contributed by atoms with van der Waals surface area (Å²) in [5.74, 6) is -0.423. The molecular weight excluding hydrogens is 381 g/mol. The van der Waals surface area contributed by atoms with Crippen LogP contribution in [0, 0.1) is 24.1 Å². The summed E-state index contributed by atoms with van der Waals surface area (Å²) in [5, 5.41) is 15.0. The van der Waals surface area contributed by atoms with Crippen LogP contribution in [0.2, 0.25) is 0 Å². The first-order valence-electron chi connectivity index (χ1n) is 9.59. The third-order valence-corrected chi connectivity index (χ3v) is 4.60. The summed E-state index contributed by atoms with van der Waals surface area (Å²) in [6, 6.07) is 14.2. The maximum Gasteiger partial charge on any atom is 0.230 e. The second-order valence-corrected chi connectivity index (χ2v) is 6.92. The van der Waals surface area contributed by atoms with Gasteiger partial charge in [0, 0.05) is 12.2 Å². The first-order chi connectivity index (χ1) is 14.5. The Hall–Kier alpha value is -3.63. The Morgan fingerprint density at radius 3 is 2.60 bits per heavy atom. The van der Waals surface area contributed by atoms with Crippen LogP contribution in [-0.4, -0.2) is 22.4 Å². The van der Waals surface area contributed by atoms with Crippen molar-refractivity contribution in [1.82, 2.24) is 15.3 Å². The Labute approximate surface area is 174 Å². The summed E-state index contributed by atoms with van der Waals surface area (Å²) in [6.45, 7) is 3.49. The lowest BCUT2D eigenvalue weighted by atomic mass is 10.0. The van der Waals surface area contributed by atoms with E-state index in [0.717, 1.165) is 29.8 Å². The van der Waals surface area contributed by atoms with Crippen LogP contribution in [0.3, 0.4) is 0 Å². The number of carbonyl (C=O) groups excluding carboxylic acids is 1. The molecule has 0 saturated heterocycles. The number of rotatable bonds is 8. The maximum atomic E-state index is 12.9. The molecule has 1 amide bonds. The minimum absolute atomic E-state index is 0.0901. The van der Waals surface area contributed by atoms with E-state index in [4.69, 9.17) is 5.26 Å². The third kappa shape index (κ3) is 6.19. The van der Waals surface area contributed by atoms with Gasteiger partial charge in [0.05, 0.1) is 24.5 Å². The topological polar surface area (TPSA) is 90.7 Å². The van der Waals surface area contributed by atoms with Crippen molar-refractivity contribution in [3.05, 3.63) is 88.8 Å². The van der Waals surface area contributed by atoms with Gasteiger partial charge in [-0.1, -0.05) is 18.2 Å². The molecule has 0 fully saturated rings. The number of aromatic nitrogens is 2. The highest BCUT2D eigenvalue weighted by Crippen LogP contribution is 2.16. The van der Waals surface area contributed by atoms with Gasteiger partial charge in [-0.15, -0.1) is 0 Å². The van der Waals surface area contributed by atoms with E-state index in [1.807, 2.05) is 31.2 Å². The van der Waals surface area contributed by atoms with Gasteiger partial charge in [0.2, 0.25) is 5.91 Å². The maximum absolute atomic E-state index is 12.9. The fourth-order valence-electron chi connectivity index (χ4n) is 2.99.